The number of piperazine rings is 1. The standard InChI is InChI=1S/C28H36F3N5O.CH4/c1-19-14-35(22(12-32-19)16-34-10-9-21(29)15-34)17-26(37)36-18-27(2,3)23-13-33-25(11-24(23)36)28(30,31)20-7-5-4-6-8-20;/h4-8,11,13,19,21-22,32H,9-10,12,14-18H2,1-3H3;1H4/t19-,21-,22-;/m1./s1. The fourth-order valence-corrected chi connectivity index (χ4v) is 5.86. The summed E-state index contributed by atoms with van der Waals surface area (Å²) in [4.78, 5) is 23.8. The molecular formula is C29H40F3N5O. The molecule has 0 bridgehead atoms. The molecule has 6 nitrogen and oxygen atoms in total. The number of likely N-dealkylation sites (tertiary alicyclic amines) is 1. The molecule has 5 rings (SSSR count). The Morgan fingerprint density at radius 3 is 2.63 bits per heavy atom. The molecule has 0 aliphatic carbocycles. The van der Waals surface area contributed by atoms with Gasteiger partial charge in [0.1, 0.15) is 11.9 Å². The van der Waals surface area contributed by atoms with E-state index in [1.165, 1.54) is 24.4 Å². The largest absolute Gasteiger partial charge is 0.314 e. The summed E-state index contributed by atoms with van der Waals surface area (Å²) in [6.07, 6.45) is 1.27. The molecule has 0 saturated carbocycles. The van der Waals surface area contributed by atoms with Crippen molar-refractivity contribution in [2.75, 3.05) is 50.7 Å². The van der Waals surface area contributed by atoms with Crippen molar-refractivity contribution in [3.63, 3.8) is 0 Å². The number of hydrogen-bond acceptors (Lipinski definition) is 5. The highest BCUT2D eigenvalue weighted by Crippen LogP contribution is 2.43. The molecule has 208 valence electrons. The second kappa shape index (κ2) is 10.9. The van der Waals surface area contributed by atoms with Crippen LogP contribution in [-0.2, 0) is 16.1 Å². The highest BCUT2D eigenvalue weighted by molar-refractivity contribution is 5.97. The second-order valence-electron chi connectivity index (χ2n) is 11.4. The first kappa shape index (κ1) is 28.5. The first-order chi connectivity index (χ1) is 17.5. The number of aromatic nitrogens is 1. The Kier molecular flexibility index (Phi) is 8.21. The monoisotopic (exact) mass is 531 g/mol. The van der Waals surface area contributed by atoms with Gasteiger partial charge in [-0.15, -0.1) is 0 Å². The van der Waals surface area contributed by atoms with Crippen LogP contribution in [0.2, 0.25) is 0 Å². The fourth-order valence-electron chi connectivity index (χ4n) is 5.86. The van der Waals surface area contributed by atoms with Gasteiger partial charge in [0.05, 0.1) is 12.2 Å². The molecule has 0 unspecified atom stereocenters. The van der Waals surface area contributed by atoms with Gasteiger partial charge in [-0.1, -0.05) is 51.6 Å². The SMILES string of the molecule is C.C[C@@H]1CN(CC(=O)N2CC(C)(C)c3cnc(C(F)(F)c4ccccc4)cc32)[C@@H](CN2CC[C@@H](F)C2)CN1. The summed E-state index contributed by atoms with van der Waals surface area (Å²) in [7, 11) is 0. The van der Waals surface area contributed by atoms with Crippen LogP contribution in [0, 0.1) is 0 Å². The van der Waals surface area contributed by atoms with E-state index in [1.807, 2.05) is 13.8 Å². The Morgan fingerprint density at radius 2 is 1.95 bits per heavy atom. The lowest BCUT2D eigenvalue weighted by atomic mass is 9.88. The van der Waals surface area contributed by atoms with E-state index in [0.29, 0.717) is 38.3 Å². The van der Waals surface area contributed by atoms with Gasteiger partial charge in [-0.05, 0) is 19.4 Å². The van der Waals surface area contributed by atoms with Crippen molar-refractivity contribution in [2.45, 2.75) is 64.2 Å². The van der Waals surface area contributed by atoms with E-state index < -0.39 is 17.5 Å². The number of pyridine rings is 1. The van der Waals surface area contributed by atoms with E-state index in [4.69, 9.17) is 0 Å². The molecule has 9 heteroatoms. The zero-order chi connectivity index (χ0) is 26.4. The highest BCUT2D eigenvalue weighted by Gasteiger charge is 2.43. The Morgan fingerprint density at radius 1 is 1.21 bits per heavy atom. The number of alkyl halides is 3. The number of nitrogens with zero attached hydrogens (tertiary/aromatic N) is 4. The van der Waals surface area contributed by atoms with Gasteiger partial charge in [-0.3, -0.25) is 19.6 Å². The number of halogens is 3. The van der Waals surface area contributed by atoms with E-state index in [-0.39, 0.29) is 43.2 Å². The molecule has 3 aliphatic heterocycles. The number of amides is 1. The topological polar surface area (TPSA) is 51.7 Å². The smallest absolute Gasteiger partial charge is 0.311 e. The Labute approximate surface area is 224 Å². The second-order valence-corrected chi connectivity index (χ2v) is 11.4. The van der Waals surface area contributed by atoms with Crippen molar-refractivity contribution in [3.8, 4) is 0 Å². The van der Waals surface area contributed by atoms with E-state index >= 15 is 8.78 Å². The number of benzene rings is 1. The first-order valence-corrected chi connectivity index (χ1v) is 13.1. The van der Waals surface area contributed by atoms with E-state index in [2.05, 4.69) is 27.0 Å². The van der Waals surface area contributed by atoms with Gasteiger partial charge in [0.2, 0.25) is 5.91 Å². The lowest BCUT2D eigenvalue weighted by molar-refractivity contribution is -0.120. The third-order valence-corrected chi connectivity index (χ3v) is 7.96. The number of fused-ring (bicyclic) bond motifs is 1. The average Bonchev–Trinajstić information content (AvgIpc) is 3.40. The Hall–Kier alpha value is -2.49. The number of rotatable bonds is 6. The van der Waals surface area contributed by atoms with Gasteiger partial charge < -0.3 is 10.2 Å². The predicted molar refractivity (Wildman–Crippen MR) is 145 cm³/mol. The van der Waals surface area contributed by atoms with Crippen molar-refractivity contribution in [1.82, 2.24) is 20.1 Å². The van der Waals surface area contributed by atoms with Crippen molar-refractivity contribution in [3.05, 3.63) is 59.4 Å². The third-order valence-electron chi connectivity index (χ3n) is 7.96. The maximum absolute atomic E-state index is 15.4. The maximum Gasteiger partial charge on any atom is 0.314 e. The summed E-state index contributed by atoms with van der Waals surface area (Å²) in [5, 5.41) is 3.48. The van der Waals surface area contributed by atoms with E-state index in [0.717, 1.165) is 18.7 Å². The molecule has 38 heavy (non-hydrogen) atoms. The Balaban J connectivity index is 0.00000336. The molecule has 1 aromatic carbocycles. The molecule has 0 radical (unpaired) electrons. The molecule has 1 amide bonds. The van der Waals surface area contributed by atoms with Gasteiger partial charge in [0.15, 0.2) is 0 Å². The molecule has 1 N–H and O–H groups in total. The molecule has 2 saturated heterocycles. The van der Waals surface area contributed by atoms with E-state index in [1.54, 1.807) is 23.1 Å². The predicted octanol–water partition coefficient (Wildman–Crippen LogP) is 4.19. The van der Waals surface area contributed by atoms with Crippen LogP contribution < -0.4 is 10.2 Å². The molecule has 4 heterocycles. The van der Waals surface area contributed by atoms with Crippen LogP contribution in [0.15, 0.2) is 42.6 Å². The quantitative estimate of drug-likeness (QED) is 0.606. The lowest BCUT2D eigenvalue weighted by Gasteiger charge is -2.41. The highest BCUT2D eigenvalue weighted by atomic mass is 19.3. The average molecular weight is 532 g/mol. The van der Waals surface area contributed by atoms with E-state index in [9.17, 15) is 9.18 Å². The molecule has 3 atom stereocenters. The van der Waals surface area contributed by atoms with Crippen LogP contribution in [-0.4, -0.2) is 84.8 Å². The molecule has 1 aromatic heterocycles. The number of carbonyl (C=O) groups excluding carboxylic acids is 1. The normalized spacial score (nSPS) is 25.7. The number of carbonyl (C=O) groups is 1. The zero-order valence-corrected chi connectivity index (χ0v) is 21.8. The summed E-state index contributed by atoms with van der Waals surface area (Å²) < 4.78 is 44.5. The van der Waals surface area contributed by atoms with Gasteiger partial charge in [0.25, 0.3) is 0 Å². The Bertz CT molecular complexity index is 1130. The van der Waals surface area contributed by atoms with Gasteiger partial charge in [-0.25, -0.2) is 4.39 Å². The van der Waals surface area contributed by atoms with Crippen LogP contribution >= 0.6 is 0 Å². The minimum absolute atomic E-state index is 0. The minimum Gasteiger partial charge on any atom is -0.311 e. The van der Waals surface area contributed by atoms with Crippen LogP contribution in [0.4, 0.5) is 18.9 Å². The summed E-state index contributed by atoms with van der Waals surface area (Å²) in [6, 6.07) is 9.32. The van der Waals surface area contributed by atoms with Crippen LogP contribution in [0.25, 0.3) is 0 Å². The zero-order valence-electron chi connectivity index (χ0n) is 21.8. The van der Waals surface area contributed by atoms with Gasteiger partial charge in [0, 0.05) is 74.1 Å². The van der Waals surface area contributed by atoms with Crippen molar-refractivity contribution in [1.29, 1.82) is 0 Å². The molecule has 2 fully saturated rings. The summed E-state index contributed by atoms with van der Waals surface area (Å²) in [6.45, 7) is 9.98. The number of nitrogens with one attached hydrogen (secondary N) is 1. The van der Waals surface area contributed by atoms with Crippen LogP contribution in [0.5, 0.6) is 0 Å². The van der Waals surface area contributed by atoms with Gasteiger partial charge >= 0.3 is 5.92 Å². The van der Waals surface area contributed by atoms with Gasteiger partial charge in [-0.2, -0.15) is 8.78 Å². The van der Waals surface area contributed by atoms with Crippen molar-refractivity contribution >= 4 is 11.6 Å². The molecule has 0 spiro atoms. The maximum atomic E-state index is 15.4. The van der Waals surface area contributed by atoms with Crippen molar-refractivity contribution in [2.24, 2.45) is 0 Å². The molecule has 2 aromatic rings. The minimum atomic E-state index is -3.28. The van der Waals surface area contributed by atoms with Crippen LogP contribution in [0.1, 0.15) is 51.4 Å². The number of hydrogen-bond donors (Lipinski definition) is 1. The third kappa shape index (κ3) is 5.60. The molecule has 3 aliphatic rings. The molecular weight excluding hydrogens is 491 g/mol. The number of anilines is 1. The lowest BCUT2D eigenvalue weighted by Crippen LogP contribution is -2.60. The fraction of sp³-hybridized carbons (Fsp3) is 0.586. The summed E-state index contributed by atoms with van der Waals surface area (Å²) >= 11 is 0. The first-order valence-electron chi connectivity index (χ1n) is 13.1. The summed E-state index contributed by atoms with van der Waals surface area (Å²) in [5.41, 5.74) is 0.407. The van der Waals surface area contributed by atoms with Crippen LogP contribution in [0.3, 0.4) is 0 Å². The summed E-state index contributed by atoms with van der Waals surface area (Å²) in [5.74, 6) is -3.39. The van der Waals surface area contributed by atoms with Crippen molar-refractivity contribution < 1.29 is 18.0 Å².